The normalized spacial score (nSPS) is 21.1. The van der Waals surface area contributed by atoms with Crippen LogP contribution in [-0.4, -0.2) is 62.1 Å². The summed E-state index contributed by atoms with van der Waals surface area (Å²) in [4.78, 5) is 15.8. The third-order valence-electron chi connectivity index (χ3n) is 6.84. The number of ether oxygens (including phenoxy) is 1. The van der Waals surface area contributed by atoms with Crippen LogP contribution in [0, 0.1) is 0 Å². The Balaban J connectivity index is 1.89. The van der Waals surface area contributed by atoms with Crippen LogP contribution >= 0.6 is 23.2 Å². The van der Waals surface area contributed by atoms with Gasteiger partial charge in [-0.3, -0.25) is 4.79 Å². The predicted octanol–water partition coefficient (Wildman–Crippen LogP) is 4.54. The highest BCUT2D eigenvalue weighted by Crippen LogP contribution is 2.44. The van der Waals surface area contributed by atoms with Crippen LogP contribution in [0.5, 0.6) is 0 Å². The van der Waals surface area contributed by atoms with Gasteiger partial charge in [-0.15, -0.1) is 11.7 Å². The third-order valence-corrected chi connectivity index (χ3v) is 9.98. The van der Waals surface area contributed by atoms with E-state index in [9.17, 15) is 13.2 Å². The standard InChI is InChI=1S/C27H31Cl2N5O4S/c1-6-21(16-39(36,37)27(2,3)4)34-24(17-10-12-19(28)13-11-17)25(18-8-7-9-20(29)14-18)38-22(26(34)35)15-23-30-31-32-33(23)5/h6-14,21-22,24-25H,1,15-16H2,2-5H3. The minimum absolute atomic E-state index is 0.0825. The first-order valence-electron chi connectivity index (χ1n) is 12.4. The molecule has 4 unspecified atom stereocenters. The second-order valence-corrected chi connectivity index (χ2v) is 14.1. The van der Waals surface area contributed by atoms with Gasteiger partial charge in [-0.1, -0.05) is 53.5 Å². The zero-order valence-electron chi connectivity index (χ0n) is 22.2. The maximum Gasteiger partial charge on any atom is 0.253 e. The Kier molecular flexibility index (Phi) is 8.51. The smallest absolute Gasteiger partial charge is 0.253 e. The topological polar surface area (TPSA) is 107 Å². The zero-order chi connectivity index (χ0) is 28.5. The Hall–Kier alpha value is -2.79. The summed E-state index contributed by atoms with van der Waals surface area (Å²) >= 11 is 12.6. The maximum absolute atomic E-state index is 14.2. The van der Waals surface area contributed by atoms with E-state index in [4.69, 9.17) is 27.9 Å². The average molecular weight is 593 g/mol. The molecule has 0 spiro atoms. The van der Waals surface area contributed by atoms with Gasteiger partial charge in [-0.2, -0.15) is 0 Å². The largest absolute Gasteiger partial charge is 0.357 e. The highest BCUT2D eigenvalue weighted by Gasteiger charge is 2.48. The van der Waals surface area contributed by atoms with Gasteiger partial charge in [0.2, 0.25) is 0 Å². The van der Waals surface area contributed by atoms with Crippen molar-refractivity contribution in [1.29, 1.82) is 0 Å². The molecule has 0 N–H and O–H groups in total. The highest BCUT2D eigenvalue weighted by atomic mass is 35.5. The van der Waals surface area contributed by atoms with E-state index in [2.05, 4.69) is 22.1 Å². The number of rotatable bonds is 8. The molecule has 1 saturated heterocycles. The maximum atomic E-state index is 14.2. The Labute approximate surface area is 238 Å². The van der Waals surface area contributed by atoms with Crippen LogP contribution in [0.4, 0.5) is 0 Å². The average Bonchev–Trinajstić information content (AvgIpc) is 3.27. The summed E-state index contributed by atoms with van der Waals surface area (Å²) in [5.74, 6) is -0.262. The number of sulfone groups is 1. The van der Waals surface area contributed by atoms with Crippen LogP contribution < -0.4 is 0 Å². The van der Waals surface area contributed by atoms with E-state index >= 15 is 0 Å². The minimum atomic E-state index is -3.64. The number of carbonyl (C=O) groups excluding carboxylic acids is 1. The number of aromatic nitrogens is 4. The fraction of sp³-hybridized carbons (Fsp3) is 0.407. The monoisotopic (exact) mass is 591 g/mol. The molecule has 3 aromatic rings. The molecular weight excluding hydrogens is 561 g/mol. The summed E-state index contributed by atoms with van der Waals surface area (Å²) in [5.41, 5.74) is 1.44. The number of halogens is 2. The number of hydrogen-bond donors (Lipinski definition) is 0. The van der Waals surface area contributed by atoms with Crippen molar-refractivity contribution in [3.63, 3.8) is 0 Å². The molecule has 0 radical (unpaired) electrons. The molecule has 1 fully saturated rings. The number of morpholine rings is 1. The van der Waals surface area contributed by atoms with Gasteiger partial charge in [-0.25, -0.2) is 13.1 Å². The van der Waals surface area contributed by atoms with E-state index < -0.39 is 44.8 Å². The van der Waals surface area contributed by atoms with Gasteiger partial charge in [0.25, 0.3) is 5.91 Å². The Morgan fingerprint density at radius 3 is 2.36 bits per heavy atom. The number of benzene rings is 2. The van der Waals surface area contributed by atoms with Crippen molar-refractivity contribution in [3.05, 3.63) is 88.2 Å². The molecule has 4 atom stereocenters. The Morgan fingerprint density at radius 2 is 1.79 bits per heavy atom. The Morgan fingerprint density at radius 1 is 1.10 bits per heavy atom. The molecule has 9 nitrogen and oxygen atoms in total. The summed E-state index contributed by atoms with van der Waals surface area (Å²) < 4.78 is 33.7. The molecule has 0 saturated carbocycles. The molecule has 208 valence electrons. The second-order valence-electron chi connectivity index (χ2n) is 10.5. The van der Waals surface area contributed by atoms with Crippen LogP contribution in [0.3, 0.4) is 0 Å². The van der Waals surface area contributed by atoms with E-state index in [0.29, 0.717) is 15.9 Å². The molecule has 2 heterocycles. The van der Waals surface area contributed by atoms with Crippen molar-refractivity contribution >= 4 is 38.9 Å². The van der Waals surface area contributed by atoms with E-state index in [1.165, 1.54) is 10.8 Å². The molecule has 1 aliphatic rings. The van der Waals surface area contributed by atoms with Crippen molar-refractivity contribution in [2.45, 2.75) is 56.2 Å². The van der Waals surface area contributed by atoms with Gasteiger partial charge in [-0.05, 0) is 66.6 Å². The van der Waals surface area contributed by atoms with Crippen LogP contribution in [0.25, 0.3) is 0 Å². The lowest BCUT2D eigenvalue weighted by Gasteiger charge is -2.47. The van der Waals surface area contributed by atoms with Crippen LogP contribution in [-0.2, 0) is 32.8 Å². The highest BCUT2D eigenvalue weighted by molar-refractivity contribution is 7.92. The van der Waals surface area contributed by atoms with E-state index in [1.807, 2.05) is 6.07 Å². The summed E-state index contributed by atoms with van der Waals surface area (Å²) in [5, 5.41) is 12.6. The van der Waals surface area contributed by atoms with Crippen molar-refractivity contribution in [3.8, 4) is 0 Å². The lowest BCUT2D eigenvalue weighted by atomic mass is 9.90. The quantitative estimate of drug-likeness (QED) is 0.354. The lowest BCUT2D eigenvalue weighted by Crippen LogP contribution is -2.57. The summed E-state index contributed by atoms with van der Waals surface area (Å²) in [6.45, 7) is 8.84. The van der Waals surface area contributed by atoms with Crippen LogP contribution in [0.15, 0.2) is 61.2 Å². The first-order valence-corrected chi connectivity index (χ1v) is 14.8. The van der Waals surface area contributed by atoms with E-state index in [1.54, 1.807) is 75.2 Å². The molecule has 1 aromatic heterocycles. The number of hydrogen-bond acceptors (Lipinski definition) is 7. The number of nitrogens with zero attached hydrogens (tertiary/aromatic N) is 5. The van der Waals surface area contributed by atoms with Gasteiger partial charge in [0, 0.05) is 23.5 Å². The number of amides is 1. The summed E-state index contributed by atoms with van der Waals surface area (Å²) in [7, 11) is -1.97. The van der Waals surface area contributed by atoms with Gasteiger partial charge < -0.3 is 9.64 Å². The molecule has 1 amide bonds. The number of aryl methyl sites for hydroxylation is 1. The SMILES string of the molecule is C=CC(CS(=O)(=O)C(C)(C)C)N1C(=O)C(Cc2nnnn2C)OC(c2cccc(Cl)c2)C1c1ccc(Cl)cc1. The molecule has 2 aromatic carbocycles. The third kappa shape index (κ3) is 6.19. The first-order chi connectivity index (χ1) is 18.3. The minimum Gasteiger partial charge on any atom is -0.357 e. The second kappa shape index (κ2) is 11.4. The molecule has 1 aliphatic heterocycles. The van der Waals surface area contributed by atoms with E-state index in [-0.39, 0.29) is 12.2 Å². The van der Waals surface area contributed by atoms with Crippen LogP contribution in [0.1, 0.15) is 49.9 Å². The predicted molar refractivity (Wildman–Crippen MR) is 150 cm³/mol. The summed E-state index contributed by atoms with van der Waals surface area (Å²) in [6, 6.07) is 12.7. The molecule has 0 bridgehead atoms. The molecular formula is C27H31Cl2N5O4S. The first kappa shape index (κ1) is 29.2. The number of tetrazole rings is 1. The molecule has 39 heavy (non-hydrogen) atoms. The van der Waals surface area contributed by atoms with Crippen molar-refractivity contribution in [2.75, 3.05) is 5.75 Å². The number of carbonyl (C=O) groups is 1. The van der Waals surface area contributed by atoms with Gasteiger partial charge in [0.15, 0.2) is 15.7 Å². The molecule has 12 heteroatoms. The molecule has 4 rings (SSSR count). The zero-order valence-corrected chi connectivity index (χ0v) is 24.5. The van der Waals surface area contributed by atoms with Crippen molar-refractivity contribution < 1.29 is 17.9 Å². The van der Waals surface area contributed by atoms with Crippen molar-refractivity contribution in [1.82, 2.24) is 25.1 Å². The summed E-state index contributed by atoms with van der Waals surface area (Å²) in [6.07, 6.45) is -0.111. The lowest BCUT2D eigenvalue weighted by molar-refractivity contribution is -0.176. The van der Waals surface area contributed by atoms with Gasteiger partial charge >= 0.3 is 0 Å². The molecule has 0 aliphatic carbocycles. The van der Waals surface area contributed by atoms with Crippen molar-refractivity contribution in [2.24, 2.45) is 7.05 Å². The van der Waals surface area contributed by atoms with E-state index in [0.717, 1.165) is 11.1 Å². The van der Waals surface area contributed by atoms with Gasteiger partial charge in [0.1, 0.15) is 12.2 Å². The fourth-order valence-corrected chi connectivity index (χ4v) is 6.10. The van der Waals surface area contributed by atoms with Gasteiger partial charge in [0.05, 0.1) is 22.6 Å². The Bertz CT molecular complexity index is 1450. The van der Waals surface area contributed by atoms with Crippen LogP contribution in [0.2, 0.25) is 10.0 Å². The fourth-order valence-electron chi connectivity index (χ4n) is 4.53.